The van der Waals surface area contributed by atoms with E-state index in [1.54, 1.807) is 0 Å². The molecule has 1 heterocycles. The Morgan fingerprint density at radius 2 is 1.81 bits per heavy atom. The van der Waals surface area contributed by atoms with Crippen molar-refractivity contribution in [1.29, 1.82) is 0 Å². The molecule has 0 aliphatic heterocycles. The van der Waals surface area contributed by atoms with Gasteiger partial charge < -0.3 is 9.88 Å². The fourth-order valence-corrected chi connectivity index (χ4v) is 2.97. The predicted octanol–water partition coefficient (Wildman–Crippen LogP) is 4.17. The molecule has 0 fully saturated rings. The van der Waals surface area contributed by atoms with Crippen molar-refractivity contribution >= 4 is 0 Å². The normalized spacial score (nSPS) is 12.8. The molecule has 2 aromatic rings. The molecule has 0 aliphatic rings. The van der Waals surface area contributed by atoms with Gasteiger partial charge in [-0.25, -0.2) is 4.98 Å². The highest BCUT2D eigenvalue weighted by molar-refractivity contribution is 5.20. The summed E-state index contributed by atoms with van der Waals surface area (Å²) in [7, 11) is 0. The van der Waals surface area contributed by atoms with E-state index in [1.807, 2.05) is 12.5 Å². The number of aryl methyl sites for hydroxylation is 1. The third kappa shape index (κ3) is 3.94. The number of aromatic nitrogens is 2. The second kappa shape index (κ2) is 7.99. The number of nitrogens with zero attached hydrogens (tertiary/aromatic N) is 2. The first-order valence-electron chi connectivity index (χ1n) is 8.07. The van der Waals surface area contributed by atoms with Gasteiger partial charge in [0.25, 0.3) is 0 Å². The van der Waals surface area contributed by atoms with Crippen molar-refractivity contribution in [3.05, 3.63) is 54.1 Å². The molecular weight excluding hydrogens is 258 g/mol. The summed E-state index contributed by atoms with van der Waals surface area (Å²) in [4.78, 5) is 4.25. The third-order valence-corrected chi connectivity index (χ3v) is 4.32. The van der Waals surface area contributed by atoms with Gasteiger partial charge in [-0.2, -0.15) is 0 Å². The lowest BCUT2D eigenvalue weighted by Gasteiger charge is -2.27. The average molecular weight is 285 g/mol. The first kappa shape index (κ1) is 15.8. The van der Waals surface area contributed by atoms with E-state index in [2.05, 4.69) is 66.0 Å². The van der Waals surface area contributed by atoms with Crippen LogP contribution in [0.1, 0.15) is 50.9 Å². The van der Waals surface area contributed by atoms with Gasteiger partial charge in [-0.05, 0) is 18.4 Å². The minimum absolute atomic E-state index is 0.404. The topological polar surface area (TPSA) is 29.9 Å². The Bertz CT molecular complexity index is 514. The maximum atomic E-state index is 4.25. The fourth-order valence-electron chi connectivity index (χ4n) is 2.97. The van der Waals surface area contributed by atoms with Crippen molar-refractivity contribution < 1.29 is 0 Å². The van der Waals surface area contributed by atoms with Crippen LogP contribution in [0.25, 0.3) is 0 Å². The van der Waals surface area contributed by atoms with Crippen molar-refractivity contribution in [2.45, 2.75) is 52.7 Å². The Morgan fingerprint density at radius 3 is 2.43 bits per heavy atom. The van der Waals surface area contributed by atoms with Crippen LogP contribution in [0.4, 0.5) is 0 Å². The zero-order valence-electron chi connectivity index (χ0n) is 13.4. The number of benzene rings is 1. The van der Waals surface area contributed by atoms with E-state index in [9.17, 15) is 0 Å². The summed E-state index contributed by atoms with van der Waals surface area (Å²) in [6.45, 7) is 8.55. The molecule has 1 N–H and O–H groups in total. The molecule has 1 aromatic heterocycles. The number of imidazole rings is 1. The summed E-state index contributed by atoms with van der Waals surface area (Å²) < 4.78 is 2.20. The summed E-state index contributed by atoms with van der Waals surface area (Å²) in [5, 5.41) is 3.75. The van der Waals surface area contributed by atoms with Crippen LogP contribution in [0.15, 0.2) is 42.9 Å². The monoisotopic (exact) mass is 285 g/mol. The Kier molecular flexibility index (Phi) is 6.00. The molecule has 1 atom stereocenters. The van der Waals surface area contributed by atoms with Crippen molar-refractivity contribution in [3.63, 3.8) is 0 Å². The average Bonchev–Trinajstić information content (AvgIpc) is 2.99. The largest absolute Gasteiger partial charge is 0.334 e. The molecule has 0 radical (unpaired) electrons. The molecular formula is C18H27N3. The van der Waals surface area contributed by atoms with Crippen LogP contribution in [0.2, 0.25) is 0 Å². The number of rotatable bonds is 8. The third-order valence-electron chi connectivity index (χ3n) is 4.32. The number of nitrogens with one attached hydrogen (secondary N) is 1. The number of hydrogen-bond acceptors (Lipinski definition) is 2. The zero-order chi connectivity index (χ0) is 15.1. The molecule has 21 heavy (non-hydrogen) atoms. The molecule has 1 unspecified atom stereocenters. The highest BCUT2D eigenvalue weighted by Crippen LogP contribution is 2.27. The smallest absolute Gasteiger partial charge is 0.0948 e. The van der Waals surface area contributed by atoms with E-state index < -0.39 is 0 Å². The van der Waals surface area contributed by atoms with Gasteiger partial charge in [-0.1, -0.05) is 57.0 Å². The summed E-state index contributed by atoms with van der Waals surface area (Å²) in [5.41, 5.74) is 2.64. The van der Waals surface area contributed by atoms with Gasteiger partial charge in [-0.3, -0.25) is 0 Å². The van der Waals surface area contributed by atoms with E-state index in [0.29, 0.717) is 12.0 Å². The van der Waals surface area contributed by atoms with Gasteiger partial charge in [0, 0.05) is 25.3 Å². The molecule has 1 aromatic carbocycles. The molecule has 2 rings (SSSR count). The number of hydrogen-bond donors (Lipinski definition) is 1. The van der Waals surface area contributed by atoms with Crippen LogP contribution >= 0.6 is 0 Å². The van der Waals surface area contributed by atoms with Crippen molar-refractivity contribution in [2.75, 3.05) is 0 Å². The SMILES string of the molecule is CCC(CC)C(NCc1cncn1CC)c1ccccc1. The molecule has 0 saturated heterocycles. The lowest BCUT2D eigenvalue weighted by atomic mass is 9.89. The Balaban J connectivity index is 2.13. The van der Waals surface area contributed by atoms with E-state index in [-0.39, 0.29) is 0 Å². The fraction of sp³-hybridized carbons (Fsp3) is 0.500. The molecule has 0 saturated carbocycles. The van der Waals surface area contributed by atoms with Crippen molar-refractivity contribution in [2.24, 2.45) is 5.92 Å². The van der Waals surface area contributed by atoms with Gasteiger partial charge in [0.1, 0.15) is 0 Å². The molecule has 114 valence electrons. The minimum Gasteiger partial charge on any atom is -0.334 e. The minimum atomic E-state index is 0.404. The maximum absolute atomic E-state index is 4.25. The standard InChI is InChI=1S/C18H27N3/c1-4-15(5-2)18(16-10-8-7-9-11-16)20-13-17-12-19-14-21(17)6-3/h7-12,14-15,18,20H,4-6,13H2,1-3H3. The molecule has 0 aliphatic carbocycles. The Labute approximate surface area is 128 Å². The lowest BCUT2D eigenvalue weighted by Crippen LogP contribution is -2.28. The first-order valence-corrected chi connectivity index (χ1v) is 8.07. The molecule has 3 heteroatoms. The van der Waals surface area contributed by atoms with Crippen LogP contribution in [0, 0.1) is 5.92 Å². The van der Waals surface area contributed by atoms with Crippen LogP contribution in [0.3, 0.4) is 0 Å². The zero-order valence-corrected chi connectivity index (χ0v) is 13.4. The first-order chi connectivity index (χ1) is 10.3. The van der Waals surface area contributed by atoms with Crippen molar-refractivity contribution in [1.82, 2.24) is 14.9 Å². The molecule has 0 spiro atoms. The van der Waals surface area contributed by atoms with Crippen LogP contribution in [0.5, 0.6) is 0 Å². The van der Waals surface area contributed by atoms with Crippen LogP contribution < -0.4 is 5.32 Å². The second-order valence-electron chi connectivity index (χ2n) is 5.52. The van der Waals surface area contributed by atoms with Crippen molar-refractivity contribution in [3.8, 4) is 0 Å². The quantitative estimate of drug-likeness (QED) is 0.789. The van der Waals surface area contributed by atoms with Crippen LogP contribution in [-0.2, 0) is 13.1 Å². The van der Waals surface area contributed by atoms with Gasteiger partial charge in [-0.15, -0.1) is 0 Å². The van der Waals surface area contributed by atoms with Gasteiger partial charge >= 0.3 is 0 Å². The van der Waals surface area contributed by atoms with Gasteiger partial charge in [0.15, 0.2) is 0 Å². The van der Waals surface area contributed by atoms with Gasteiger partial charge in [0.05, 0.1) is 12.0 Å². The highest BCUT2D eigenvalue weighted by atomic mass is 15.1. The van der Waals surface area contributed by atoms with E-state index in [4.69, 9.17) is 0 Å². The summed E-state index contributed by atoms with van der Waals surface area (Å²) in [5.74, 6) is 0.658. The van der Waals surface area contributed by atoms with E-state index in [1.165, 1.54) is 24.1 Å². The second-order valence-corrected chi connectivity index (χ2v) is 5.52. The lowest BCUT2D eigenvalue weighted by molar-refractivity contribution is 0.336. The summed E-state index contributed by atoms with van der Waals surface area (Å²) in [6, 6.07) is 11.2. The Hall–Kier alpha value is -1.61. The van der Waals surface area contributed by atoms with Gasteiger partial charge in [0.2, 0.25) is 0 Å². The predicted molar refractivity (Wildman–Crippen MR) is 88.0 cm³/mol. The summed E-state index contributed by atoms with van der Waals surface area (Å²) in [6.07, 6.45) is 6.25. The highest BCUT2D eigenvalue weighted by Gasteiger charge is 2.20. The molecule has 0 amide bonds. The maximum Gasteiger partial charge on any atom is 0.0948 e. The Morgan fingerprint density at radius 1 is 1.10 bits per heavy atom. The van der Waals surface area contributed by atoms with E-state index in [0.717, 1.165) is 13.1 Å². The molecule has 3 nitrogen and oxygen atoms in total. The van der Waals surface area contributed by atoms with Crippen LogP contribution in [-0.4, -0.2) is 9.55 Å². The summed E-state index contributed by atoms with van der Waals surface area (Å²) >= 11 is 0. The van der Waals surface area contributed by atoms with E-state index >= 15 is 0 Å². The molecule has 0 bridgehead atoms.